The third-order valence-electron chi connectivity index (χ3n) is 3.52. The van der Waals surface area contributed by atoms with Crippen LogP contribution in [0.1, 0.15) is 59.8 Å². The van der Waals surface area contributed by atoms with E-state index in [0.717, 1.165) is 32.3 Å². The molecular formula is C17H34Cl2O4. The first-order chi connectivity index (χ1) is 11.1. The van der Waals surface area contributed by atoms with Crippen LogP contribution in [0.2, 0.25) is 0 Å². The molecule has 0 spiro atoms. The van der Waals surface area contributed by atoms with Crippen LogP contribution < -0.4 is 0 Å². The van der Waals surface area contributed by atoms with E-state index in [4.69, 9.17) is 42.1 Å². The zero-order valence-electron chi connectivity index (χ0n) is 15.1. The first kappa shape index (κ1) is 23.4. The SMILES string of the molecule is CCOC(C)O[C@@H](CC)CCl.CC[C@@H](CCl)OC1CCCCO1. The van der Waals surface area contributed by atoms with Crippen molar-refractivity contribution < 1.29 is 18.9 Å². The van der Waals surface area contributed by atoms with E-state index in [1.165, 1.54) is 6.42 Å². The van der Waals surface area contributed by atoms with E-state index >= 15 is 0 Å². The predicted octanol–water partition coefficient (Wildman–Crippen LogP) is 4.95. The Labute approximate surface area is 152 Å². The molecule has 0 aliphatic carbocycles. The number of halogens is 2. The Morgan fingerprint density at radius 3 is 2.13 bits per heavy atom. The van der Waals surface area contributed by atoms with Crippen LogP contribution >= 0.6 is 23.2 Å². The second kappa shape index (κ2) is 15.9. The highest BCUT2D eigenvalue weighted by Gasteiger charge is 2.17. The van der Waals surface area contributed by atoms with Crippen LogP contribution in [0.15, 0.2) is 0 Å². The van der Waals surface area contributed by atoms with Crippen LogP contribution in [0, 0.1) is 0 Å². The number of rotatable bonds is 10. The van der Waals surface area contributed by atoms with Gasteiger partial charge in [-0.3, -0.25) is 0 Å². The maximum absolute atomic E-state index is 5.71. The molecule has 4 atom stereocenters. The van der Waals surface area contributed by atoms with E-state index in [1.807, 2.05) is 20.8 Å². The van der Waals surface area contributed by atoms with Crippen LogP contribution in [0.3, 0.4) is 0 Å². The average molecular weight is 373 g/mol. The largest absolute Gasteiger partial charge is 0.353 e. The highest BCUT2D eigenvalue weighted by molar-refractivity contribution is 6.18. The highest BCUT2D eigenvalue weighted by atomic mass is 35.5. The van der Waals surface area contributed by atoms with Gasteiger partial charge in [0.2, 0.25) is 0 Å². The molecule has 0 aromatic heterocycles. The van der Waals surface area contributed by atoms with Crippen molar-refractivity contribution in [2.24, 2.45) is 0 Å². The summed E-state index contributed by atoms with van der Waals surface area (Å²) in [5.41, 5.74) is 0. The summed E-state index contributed by atoms with van der Waals surface area (Å²) < 4.78 is 21.7. The number of hydrogen-bond acceptors (Lipinski definition) is 4. The molecule has 23 heavy (non-hydrogen) atoms. The van der Waals surface area contributed by atoms with Gasteiger partial charge in [-0.25, -0.2) is 0 Å². The van der Waals surface area contributed by atoms with Crippen molar-refractivity contribution in [1.82, 2.24) is 0 Å². The molecule has 0 saturated carbocycles. The molecule has 0 radical (unpaired) electrons. The van der Waals surface area contributed by atoms with E-state index in [-0.39, 0.29) is 24.8 Å². The monoisotopic (exact) mass is 372 g/mol. The van der Waals surface area contributed by atoms with E-state index in [9.17, 15) is 0 Å². The van der Waals surface area contributed by atoms with Gasteiger partial charge in [0.15, 0.2) is 12.6 Å². The Bertz CT molecular complexity index is 243. The van der Waals surface area contributed by atoms with Crippen molar-refractivity contribution in [2.75, 3.05) is 25.0 Å². The van der Waals surface area contributed by atoms with E-state index in [0.29, 0.717) is 18.4 Å². The second-order valence-electron chi connectivity index (χ2n) is 5.46. The van der Waals surface area contributed by atoms with Gasteiger partial charge in [-0.05, 0) is 46.0 Å². The molecule has 1 heterocycles. The maximum Gasteiger partial charge on any atom is 0.158 e. The standard InChI is InChI=1S/C9H17ClO2.C8H17ClO2/c1-2-8(7-10)12-9-5-3-4-6-11-9;1-4-8(6-9)11-7(3)10-5-2/h8-9H,2-7H2,1H3;7-8H,4-6H2,1-3H3/t8-,9?;7?,8-/m00/s1. The minimum absolute atomic E-state index is 0.00227. The third kappa shape index (κ3) is 12.4. The molecule has 1 rings (SSSR count). The van der Waals surface area contributed by atoms with Gasteiger partial charge in [-0.1, -0.05) is 13.8 Å². The van der Waals surface area contributed by atoms with Crippen LogP contribution in [0.4, 0.5) is 0 Å². The minimum atomic E-state index is -0.135. The van der Waals surface area contributed by atoms with Crippen molar-refractivity contribution >= 4 is 23.2 Å². The lowest BCUT2D eigenvalue weighted by Crippen LogP contribution is -2.28. The number of alkyl halides is 2. The zero-order valence-corrected chi connectivity index (χ0v) is 16.6. The lowest BCUT2D eigenvalue weighted by molar-refractivity contribution is -0.183. The van der Waals surface area contributed by atoms with Gasteiger partial charge >= 0.3 is 0 Å². The highest BCUT2D eigenvalue weighted by Crippen LogP contribution is 2.16. The smallest absolute Gasteiger partial charge is 0.158 e. The zero-order chi connectivity index (χ0) is 17.5. The fourth-order valence-electron chi connectivity index (χ4n) is 2.06. The third-order valence-corrected chi connectivity index (χ3v) is 4.21. The van der Waals surface area contributed by atoms with Gasteiger partial charge in [0, 0.05) is 25.0 Å². The summed E-state index contributed by atoms with van der Waals surface area (Å²) in [6, 6.07) is 0. The summed E-state index contributed by atoms with van der Waals surface area (Å²) in [5.74, 6) is 1.10. The molecule has 0 N–H and O–H groups in total. The predicted molar refractivity (Wildman–Crippen MR) is 96.4 cm³/mol. The number of ether oxygens (including phenoxy) is 4. The molecule has 1 aliphatic heterocycles. The molecule has 1 aliphatic rings. The van der Waals surface area contributed by atoms with Gasteiger partial charge < -0.3 is 18.9 Å². The molecule has 140 valence electrons. The quantitative estimate of drug-likeness (QED) is 0.401. The van der Waals surface area contributed by atoms with Crippen molar-refractivity contribution in [3.63, 3.8) is 0 Å². The van der Waals surface area contributed by atoms with Crippen molar-refractivity contribution in [3.05, 3.63) is 0 Å². The van der Waals surface area contributed by atoms with E-state index < -0.39 is 0 Å². The lowest BCUT2D eigenvalue weighted by atomic mass is 10.2. The second-order valence-corrected chi connectivity index (χ2v) is 6.08. The van der Waals surface area contributed by atoms with Crippen molar-refractivity contribution in [3.8, 4) is 0 Å². The van der Waals surface area contributed by atoms with Crippen LogP contribution in [-0.4, -0.2) is 49.8 Å². The summed E-state index contributed by atoms with van der Waals surface area (Å²) in [5, 5.41) is 0. The van der Waals surface area contributed by atoms with Gasteiger partial charge in [0.05, 0.1) is 12.2 Å². The first-order valence-corrected chi connectivity index (χ1v) is 9.84. The van der Waals surface area contributed by atoms with Crippen LogP contribution in [0.25, 0.3) is 0 Å². The van der Waals surface area contributed by atoms with Crippen LogP contribution in [0.5, 0.6) is 0 Å². The summed E-state index contributed by atoms with van der Waals surface area (Å²) in [6.45, 7) is 9.48. The topological polar surface area (TPSA) is 36.9 Å². The summed E-state index contributed by atoms with van der Waals surface area (Å²) in [7, 11) is 0. The molecule has 0 bridgehead atoms. The van der Waals surface area contributed by atoms with Gasteiger partial charge in [0.25, 0.3) is 0 Å². The summed E-state index contributed by atoms with van der Waals surface area (Å²) in [4.78, 5) is 0. The normalized spacial score (nSPS) is 21.9. The Hall–Kier alpha value is 0.420. The molecule has 1 saturated heterocycles. The molecular weight excluding hydrogens is 339 g/mol. The summed E-state index contributed by atoms with van der Waals surface area (Å²) >= 11 is 11.3. The number of hydrogen-bond donors (Lipinski definition) is 0. The minimum Gasteiger partial charge on any atom is -0.353 e. The Kier molecular flexibility index (Phi) is 16.2. The molecule has 0 aromatic rings. The average Bonchev–Trinajstić information content (AvgIpc) is 2.59. The Morgan fingerprint density at radius 2 is 1.70 bits per heavy atom. The van der Waals surface area contributed by atoms with E-state index in [1.54, 1.807) is 0 Å². The van der Waals surface area contributed by atoms with Gasteiger partial charge in [0.1, 0.15) is 0 Å². The van der Waals surface area contributed by atoms with Gasteiger partial charge in [-0.2, -0.15) is 0 Å². The first-order valence-electron chi connectivity index (χ1n) is 8.77. The maximum atomic E-state index is 5.71. The molecule has 6 heteroatoms. The van der Waals surface area contributed by atoms with Crippen molar-refractivity contribution in [1.29, 1.82) is 0 Å². The van der Waals surface area contributed by atoms with Crippen molar-refractivity contribution in [2.45, 2.75) is 84.6 Å². The molecule has 2 unspecified atom stereocenters. The van der Waals surface area contributed by atoms with E-state index in [2.05, 4.69) is 6.92 Å². The Morgan fingerprint density at radius 1 is 1.04 bits per heavy atom. The molecule has 1 fully saturated rings. The molecule has 0 amide bonds. The molecule has 0 aromatic carbocycles. The fraction of sp³-hybridized carbons (Fsp3) is 1.00. The fourth-order valence-corrected chi connectivity index (χ4v) is 2.64. The molecule has 4 nitrogen and oxygen atoms in total. The Balaban J connectivity index is 0.000000423. The lowest BCUT2D eigenvalue weighted by Gasteiger charge is -2.26. The van der Waals surface area contributed by atoms with Crippen LogP contribution in [-0.2, 0) is 18.9 Å². The summed E-state index contributed by atoms with van der Waals surface area (Å²) in [6.07, 6.45) is 5.44. The van der Waals surface area contributed by atoms with Gasteiger partial charge in [-0.15, -0.1) is 23.2 Å².